The van der Waals surface area contributed by atoms with E-state index < -0.39 is 0 Å². The molecule has 0 unspecified atom stereocenters. The van der Waals surface area contributed by atoms with Crippen molar-refractivity contribution in [1.82, 2.24) is 5.32 Å². The first kappa shape index (κ1) is 19.0. The average molecular weight is 347 g/mol. The summed E-state index contributed by atoms with van der Waals surface area (Å²) in [5.41, 5.74) is 1.17. The first-order valence-corrected chi connectivity index (χ1v) is 8.76. The number of carbonyl (C=O) groups excluding carboxylic acids is 3. The molecule has 0 radical (unpaired) electrons. The maximum Gasteiger partial charge on any atom is 0.373 e. The van der Waals surface area contributed by atoms with E-state index >= 15 is 0 Å². The molecule has 3 rings (SSSR count). The van der Waals surface area contributed by atoms with Crippen LogP contribution in [0.2, 0.25) is 0 Å². The second kappa shape index (κ2) is 9.23. The fourth-order valence-corrected chi connectivity index (χ4v) is 3.65. The largest absolute Gasteiger partial charge is 0.493 e. The minimum atomic E-state index is 0.144. The lowest BCUT2D eigenvalue weighted by Gasteiger charge is -2.21. The Morgan fingerprint density at radius 2 is 1.88 bits per heavy atom. The highest BCUT2D eigenvalue weighted by Crippen LogP contribution is 2.37. The van der Waals surface area contributed by atoms with Crippen LogP contribution in [0.4, 0.5) is 0 Å². The SMILES string of the molecule is CC[C@@H]1NC(=O)C[C@H]1c1ccc(OC)c(OC2CCCC2)c1.O=C=O. The maximum absolute atomic E-state index is 11.7. The van der Waals surface area contributed by atoms with Crippen molar-refractivity contribution in [2.45, 2.75) is 63.5 Å². The first-order valence-electron chi connectivity index (χ1n) is 8.76. The molecule has 0 aromatic heterocycles. The molecule has 1 heterocycles. The van der Waals surface area contributed by atoms with Gasteiger partial charge in [0.2, 0.25) is 5.91 Å². The van der Waals surface area contributed by atoms with E-state index in [1.807, 2.05) is 6.07 Å². The normalized spacial score (nSPS) is 22.6. The molecule has 1 aromatic carbocycles. The molecule has 1 amide bonds. The van der Waals surface area contributed by atoms with Gasteiger partial charge in [-0.15, -0.1) is 0 Å². The van der Waals surface area contributed by atoms with Gasteiger partial charge in [0.05, 0.1) is 13.2 Å². The molecule has 25 heavy (non-hydrogen) atoms. The number of methoxy groups -OCH3 is 1. The van der Waals surface area contributed by atoms with Crippen molar-refractivity contribution >= 4 is 12.1 Å². The van der Waals surface area contributed by atoms with Crippen molar-refractivity contribution in [3.63, 3.8) is 0 Å². The first-order chi connectivity index (χ1) is 12.1. The van der Waals surface area contributed by atoms with Crippen molar-refractivity contribution in [3.8, 4) is 11.5 Å². The molecule has 1 aromatic rings. The highest BCUT2D eigenvalue weighted by Gasteiger charge is 2.32. The molecule has 0 spiro atoms. The van der Waals surface area contributed by atoms with E-state index in [9.17, 15) is 4.79 Å². The standard InChI is InChI=1S/C18H25NO3.CO2/c1-3-15-14(11-18(20)19-15)12-8-9-16(21-2)17(10-12)22-13-6-4-5-7-13;2-1-3/h8-10,13-15H,3-7,11H2,1-2H3,(H,19,20);/t14-,15-;/m0./s1. The zero-order valence-corrected chi connectivity index (χ0v) is 14.7. The molecule has 0 bridgehead atoms. The van der Waals surface area contributed by atoms with Crippen molar-refractivity contribution in [3.05, 3.63) is 23.8 Å². The van der Waals surface area contributed by atoms with Crippen LogP contribution in [0.5, 0.6) is 11.5 Å². The number of rotatable bonds is 5. The van der Waals surface area contributed by atoms with Crippen LogP contribution in [0.25, 0.3) is 0 Å². The van der Waals surface area contributed by atoms with Gasteiger partial charge in [0.15, 0.2) is 11.5 Å². The van der Waals surface area contributed by atoms with E-state index in [1.165, 1.54) is 18.4 Å². The monoisotopic (exact) mass is 347 g/mol. The molecule has 6 nitrogen and oxygen atoms in total. The second-order valence-corrected chi connectivity index (χ2v) is 6.41. The van der Waals surface area contributed by atoms with Crippen LogP contribution in [0, 0.1) is 0 Å². The Hall–Kier alpha value is -2.33. The summed E-state index contributed by atoms with van der Waals surface area (Å²) in [6, 6.07) is 6.33. The molecule has 1 saturated carbocycles. The number of amides is 1. The lowest BCUT2D eigenvalue weighted by Crippen LogP contribution is -2.27. The van der Waals surface area contributed by atoms with Crippen LogP contribution >= 0.6 is 0 Å². The van der Waals surface area contributed by atoms with Gasteiger partial charge in [-0.2, -0.15) is 9.59 Å². The van der Waals surface area contributed by atoms with Crippen molar-refractivity contribution in [2.24, 2.45) is 0 Å². The zero-order chi connectivity index (χ0) is 18.2. The summed E-state index contributed by atoms with van der Waals surface area (Å²) in [6.45, 7) is 2.11. The summed E-state index contributed by atoms with van der Waals surface area (Å²) >= 11 is 0. The Kier molecular flexibility index (Phi) is 7.02. The molecule has 1 aliphatic carbocycles. The van der Waals surface area contributed by atoms with Crippen LogP contribution in [0.3, 0.4) is 0 Å². The Balaban J connectivity index is 0.000000701. The lowest BCUT2D eigenvalue weighted by atomic mass is 9.90. The predicted molar refractivity (Wildman–Crippen MR) is 90.5 cm³/mol. The molecule has 2 atom stereocenters. The van der Waals surface area contributed by atoms with E-state index in [1.54, 1.807) is 7.11 Å². The van der Waals surface area contributed by atoms with E-state index in [0.717, 1.165) is 30.8 Å². The maximum atomic E-state index is 11.7. The van der Waals surface area contributed by atoms with Crippen LogP contribution < -0.4 is 14.8 Å². The second-order valence-electron chi connectivity index (χ2n) is 6.41. The molecule has 1 saturated heterocycles. The van der Waals surface area contributed by atoms with Gasteiger partial charge in [-0.25, -0.2) is 0 Å². The third-order valence-corrected chi connectivity index (χ3v) is 4.89. The summed E-state index contributed by atoms with van der Waals surface area (Å²) in [7, 11) is 1.67. The predicted octanol–water partition coefficient (Wildman–Crippen LogP) is 2.82. The summed E-state index contributed by atoms with van der Waals surface area (Å²) in [4.78, 5) is 28.0. The van der Waals surface area contributed by atoms with Crippen LogP contribution in [-0.2, 0) is 14.4 Å². The van der Waals surface area contributed by atoms with Gasteiger partial charge < -0.3 is 14.8 Å². The van der Waals surface area contributed by atoms with Crippen LogP contribution in [0.15, 0.2) is 18.2 Å². The number of ether oxygens (including phenoxy) is 2. The Morgan fingerprint density at radius 1 is 1.20 bits per heavy atom. The molecule has 6 heteroatoms. The van der Waals surface area contributed by atoms with E-state index in [-0.39, 0.29) is 24.0 Å². The molecular formula is C19H25NO5. The van der Waals surface area contributed by atoms with Crippen molar-refractivity contribution in [2.75, 3.05) is 7.11 Å². The molecule has 136 valence electrons. The Labute approximate surface area is 147 Å². The van der Waals surface area contributed by atoms with Crippen molar-refractivity contribution in [1.29, 1.82) is 0 Å². The number of hydrogen-bond donors (Lipinski definition) is 1. The number of benzene rings is 1. The Morgan fingerprint density at radius 3 is 2.48 bits per heavy atom. The van der Waals surface area contributed by atoms with Gasteiger partial charge in [0.25, 0.3) is 0 Å². The average Bonchev–Trinajstić information content (AvgIpc) is 3.24. The highest BCUT2D eigenvalue weighted by molar-refractivity contribution is 5.80. The fourth-order valence-electron chi connectivity index (χ4n) is 3.65. The number of hydrogen-bond acceptors (Lipinski definition) is 5. The summed E-state index contributed by atoms with van der Waals surface area (Å²) < 4.78 is 11.6. The number of carbonyl (C=O) groups is 1. The minimum Gasteiger partial charge on any atom is -0.493 e. The number of nitrogens with one attached hydrogen (secondary N) is 1. The van der Waals surface area contributed by atoms with E-state index in [2.05, 4.69) is 24.4 Å². The molecule has 1 N–H and O–H groups in total. The van der Waals surface area contributed by atoms with Gasteiger partial charge in [0.1, 0.15) is 0 Å². The van der Waals surface area contributed by atoms with E-state index in [4.69, 9.17) is 19.1 Å². The summed E-state index contributed by atoms with van der Waals surface area (Å²) in [5, 5.41) is 3.06. The zero-order valence-electron chi connectivity index (χ0n) is 14.7. The summed E-state index contributed by atoms with van der Waals surface area (Å²) in [6.07, 6.45) is 6.78. The van der Waals surface area contributed by atoms with Crippen molar-refractivity contribution < 1.29 is 23.9 Å². The summed E-state index contributed by atoms with van der Waals surface area (Å²) in [5.74, 6) is 1.97. The van der Waals surface area contributed by atoms with Gasteiger partial charge >= 0.3 is 6.15 Å². The van der Waals surface area contributed by atoms with E-state index in [0.29, 0.717) is 12.5 Å². The van der Waals surface area contributed by atoms with Gasteiger partial charge in [-0.05, 0) is 49.8 Å². The van der Waals surface area contributed by atoms with Gasteiger partial charge in [-0.1, -0.05) is 13.0 Å². The third kappa shape index (κ3) is 4.83. The fraction of sp³-hybridized carbons (Fsp3) is 0.579. The molecule has 1 aliphatic heterocycles. The van der Waals surface area contributed by atoms with Gasteiger partial charge in [-0.3, -0.25) is 4.79 Å². The van der Waals surface area contributed by atoms with Gasteiger partial charge in [0, 0.05) is 18.4 Å². The molecule has 2 fully saturated rings. The quantitative estimate of drug-likeness (QED) is 0.886. The highest BCUT2D eigenvalue weighted by atomic mass is 16.5. The minimum absolute atomic E-state index is 0.144. The molecule has 2 aliphatic rings. The topological polar surface area (TPSA) is 81.7 Å². The van der Waals surface area contributed by atoms with Crippen LogP contribution in [0.1, 0.15) is 56.9 Å². The third-order valence-electron chi connectivity index (χ3n) is 4.89. The lowest BCUT2D eigenvalue weighted by molar-refractivity contribution is -0.191. The van der Waals surface area contributed by atoms with Crippen LogP contribution in [-0.4, -0.2) is 31.3 Å². The molecular weight excluding hydrogens is 322 g/mol. The Bertz CT molecular complexity index is 618. The smallest absolute Gasteiger partial charge is 0.373 e.